The van der Waals surface area contributed by atoms with Crippen LogP contribution >= 0.6 is 23.2 Å². The molecule has 7 nitrogen and oxygen atoms in total. The lowest BCUT2D eigenvalue weighted by Crippen LogP contribution is -2.46. The fourth-order valence-electron chi connectivity index (χ4n) is 3.99. The van der Waals surface area contributed by atoms with Gasteiger partial charge in [0, 0.05) is 29.6 Å². The Kier molecular flexibility index (Phi) is 6.97. The minimum atomic E-state index is -0.473. The number of rotatable bonds is 5. The van der Waals surface area contributed by atoms with Crippen LogP contribution < -0.4 is 10.6 Å². The van der Waals surface area contributed by atoms with Crippen molar-refractivity contribution >= 4 is 52.4 Å². The van der Waals surface area contributed by atoms with Gasteiger partial charge in [-0.2, -0.15) is 0 Å². The van der Waals surface area contributed by atoms with Crippen molar-refractivity contribution in [3.05, 3.63) is 87.5 Å². The number of carbonyl (C=O) groups excluding carboxylic acids is 2. The average Bonchev–Trinajstić information content (AvgIpc) is 3.29. The number of pyridine rings is 1. The van der Waals surface area contributed by atoms with E-state index in [4.69, 9.17) is 28.6 Å². The Hall–Kier alpha value is -3.26. The summed E-state index contributed by atoms with van der Waals surface area (Å²) in [6, 6.07) is 14.8. The molecule has 0 radical (unpaired) electrons. The molecule has 0 saturated carbocycles. The van der Waals surface area contributed by atoms with Gasteiger partial charge < -0.3 is 10.6 Å². The monoisotopic (exact) mass is 496 g/mol. The van der Waals surface area contributed by atoms with Gasteiger partial charge in [0.05, 0.1) is 42.0 Å². The molecule has 4 rings (SSSR count). The number of likely N-dealkylation sites (tertiary alicyclic amines) is 1. The molecule has 0 unspecified atom stereocenters. The number of nitrogens with one attached hydrogen (secondary N) is 3. The van der Waals surface area contributed by atoms with E-state index in [1.165, 1.54) is 12.3 Å². The zero-order valence-corrected chi connectivity index (χ0v) is 20.1. The number of hydrogen-bond donors (Lipinski definition) is 3. The van der Waals surface area contributed by atoms with Crippen molar-refractivity contribution in [2.75, 3.05) is 30.8 Å². The maximum absolute atomic E-state index is 12.9. The van der Waals surface area contributed by atoms with Crippen LogP contribution in [0.15, 0.2) is 60.8 Å². The average molecular weight is 497 g/mol. The van der Waals surface area contributed by atoms with E-state index < -0.39 is 5.91 Å². The Morgan fingerprint density at radius 1 is 0.882 bits per heavy atom. The summed E-state index contributed by atoms with van der Waals surface area (Å²) in [5.74, 6) is 0.0237. The highest BCUT2D eigenvalue weighted by atomic mass is 35.5. The second-order valence-electron chi connectivity index (χ2n) is 8.44. The summed E-state index contributed by atoms with van der Waals surface area (Å²) in [5, 5.41) is 14.8. The minimum absolute atomic E-state index is 0.197. The van der Waals surface area contributed by atoms with E-state index in [9.17, 15) is 9.59 Å². The Labute approximate surface area is 207 Å². The van der Waals surface area contributed by atoms with Crippen molar-refractivity contribution in [1.82, 2.24) is 4.98 Å². The number of amides is 2. The van der Waals surface area contributed by atoms with Crippen molar-refractivity contribution in [1.29, 1.82) is 5.41 Å². The third-order valence-electron chi connectivity index (χ3n) is 5.96. The summed E-state index contributed by atoms with van der Waals surface area (Å²) >= 11 is 11.9. The molecule has 0 spiro atoms. The predicted octanol–water partition coefficient (Wildman–Crippen LogP) is 5.46. The smallest absolute Gasteiger partial charge is 0.258 e. The van der Waals surface area contributed by atoms with E-state index in [2.05, 4.69) is 22.7 Å². The third-order valence-corrected chi connectivity index (χ3v) is 6.42. The summed E-state index contributed by atoms with van der Waals surface area (Å²) < 4.78 is 0.608. The van der Waals surface area contributed by atoms with Gasteiger partial charge in [-0.05, 0) is 54.6 Å². The maximum Gasteiger partial charge on any atom is 0.258 e. The van der Waals surface area contributed by atoms with Gasteiger partial charge in [0.25, 0.3) is 11.8 Å². The molecule has 2 amide bonds. The molecule has 1 aliphatic rings. The predicted molar refractivity (Wildman–Crippen MR) is 135 cm³/mol. The lowest BCUT2D eigenvalue weighted by atomic mass is 10.1. The van der Waals surface area contributed by atoms with Crippen molar-refractivity contribution in [3.63, 3.8) is 0 Å². The number of nitrogens with zero attached hydrogens (tertiary/aromatic N) is 2. The first-order valence-electron chi connectivity index (χ1n) is 10.8. The summed E-state index contributed by atoms with van der Waals surface area (Å²) in [5.41, 5.74) is 1.72. The second-order valence-corrected chi connectivity index (χ2v) is 9.31. The number of hydrogen-bond acceptors (Lipinski definition) is 4. The van der Waals surface area contributed by atoms with Gasteiger partial charge in [0.1, 0.15) is 5.82 Å². The largest absolute Gasteiger partial charge is 0.321 e. The standard InChI is InChI=1S/C25H23Cl2N5O2/c1-32(12-2-3-13-32)23(28)16-4-6-17(7-5-16)24(33)30-21-10-8-18(26)14-20(21)25(34)31-22-11-9-19(27)15-29-22/h4-11,14-15,28H,2-3,12-13H2,1H3,(H-,29,30,31,33,34)/p+1. The molecule has 3 aromatic rings. The minimum Gasteiger partial charge on any atom is -0.321 e. The Bertz CT molecular complexity index is 1240. The normalized spacial score (nSPS) is 14.4. The molecule has 1 aliphatic heterocycles. The van der Waals surface area contributed by atoms with Crippen molar-refractivity contribution in [3.8, 4) is 0 Å². The number of carbonyl (C=O) groups is 2. The van der Waals surface area contributed by atoms with Crippen LogP contribution in [0.5, 0.6) is 0 Å². The number of quaternary nitrogens is 1. The SMILES string of the molecule is C[N+]1(C(=N)c2ccc(C(=O)Nc3ccc(Cl)cc3C(=O)Nc3ccc(Cl)cn3)cc2)CCCC1. The summed E-state index contributed by atoms with van der Waals surface area (Å²) in [6.07, 6.45) is 3.65. The van der Waals surface area contributed by atoms with Crippen molar-refractivity contribution in [2.45, 2.75) is 12.8 Å². The van der Waals surface area contributed by atoms with E-state index in [-0.39, 0.29) is 11.5 Å². The van der Waals surface area contributed by atoms with Crippen molar-refractivity contribution in [2.24, 2.45) is 0 Å². The molecular weight excluding hydrogens is 473 g/mol. The number of benzene rings is 2. The van der Waals surface area contributed by atoms with E-state index >= 15 is 0 Å². The molecule has 1 fully saturated rings. The van der Waals surface area contributed by atoms with Crippen LogP contribution in [0, 0.1) is 5.41 Å². The molecule has 3 N–H and O–H groups in total. The number of aromatic nitrogens is 1. The zero-order valence-electron chi connectivity index (χ0n) is 18.6. The molecule has 1 aromatic heterocycles. The number of anilines is 2. The number of amidine groups is 1. The Morgan fingerprint density at radius 2 is 1.53 bits per heavy atom. The van der Waals surface area contributed by atoms with Gasteiger partial charge in [-0.25, -0.2) is 4.98 Å². The summed E-state index contributed by atoms with van der Waals surface area (Å²) in [4.78, 5) is 29.8. The Morgan fingerprint density at radius 3 is 2.18 bits per heavy atom. The molecule has 0 bridgehead atoms. The molecule has 0 atom stereocenters. The van der Waals surface area contributed by atoms with Gasteiger partial charge in [-0.15, -0.1) is 0 Å². The van der Waals surface area contributed by atoms with Crippen LogP contribution in [0.1, 0.15) is 39.1 Å². The van der Waals surface area contributed by atoms with Gasteiger partial charge >= 0.3 is 0 Å². The van der Waals surface area contributed by atoms with Crippen LogP contribution in [0.25, 0.3) is 0 Å². The molecule has 174 valence electrons. The topological polar surface area (TPSA) is 94.9 Å². The molecule has 34 heavy (non-hydrogen) atoms. The molecule has 9 heteroatoms. The van der Waals surface area contributed by atoms with E-state index in [1.807, 2.05) is 0 Å². The van der Waals surface area contributed by atoms with Crippen molar-refractivity contribution < 1.29 is 14.1 Å². The van der Waals surface area contributed by atoms with Gasteiger partial charge in [0.2, 0.25) is 5.84 Å². The third kappa shape index (κ3) is 5.28. The van der Waals surface area contributed by atoms with Crippen LogP contribution in [0.3, 0.4) is 0 Å². The van der Waals surface area contributed by atoms with Gasteiger partial charge in [-0.3, -0.25) is 19.5 Å². The van der Waals surface area contributed by atoms with E-state index in [0.29, 0.717) is 37.4 Å². The van der Waals surface area contributed by atoms with Gasteiger partial charge in [-0.1, -0.05) is 23.2 Å². The molecule has 2 heterocycles. The van der Waals surface area contributed by atoms with E-state index in [0.717, 1.165) is 31.5 Å². The highest BCUT2D eigenvalue weighted by Gasteiger charge is 2.33. The fourth-order valence-corrected chi connectivity index (χ4v) is 4.27. The molecule has 1 saturated heterocycles. The van der Waals surface area contributed by atoms with E-state index in [1.54, 1.807) is 48.5 Å². The lowest BCUT2D eigenvalue weighted by Gasteiger charge is -2.28. The highest BCUT2D eigenvalue weighted by molar-refractivity contribution is 6.31. The Balaban J connectivity index is 1.50. The quantitative estimate of drug-likeness (QED) is 0.248. The first kappa shape index (κ1) is 23.9. The highest BCUT2D eigenvalue weighted by Crippen LogP contribution is 2.24. The first-order chi connectivity index (χ1) is 16.2. The number of halogens is 2. The molecule has 0 aliphatic carbocycles. The first-order valence-corrected chi connectivity index (χ1v) is 11.6. The van der Waals surface area contributed by atoms with Crippen LogP contribution in [0.4, 0.5) is 11.5 Å². The molecule has 2 aromatic carbocycles. The van der Waals surface area contributed by atoms with Gasteiger partial charge in [0.15, 0.2) is 0 Å². The van der Waals surface area contributed by atoms with Crippen LogP contribution in [0.2, 0.25) is 10.0 Å². The summed E-state index contributed by atoms with van der Waals surface area (Å²) in [7, 11) is 2.07. The van der Waals surface area contributed by atoms with Crippen LogP contribution in [-0.4, -0.2) is 47.3 Å². The fraction of sp³-hybridized carbons (Fsp3) is 0.200. The second kappa shape index (κ2) is 9.93. The lowest BCUT2D eigenvalue weighted by molar-refractivity contribution is -0.807. The zero-order chi connectivity index (χ0) is 24.3. The maximum atomic E-state index is 12.9. The van der Waals surface area contributed by atoms with Crippen LogP contribution in [-0.2, 0) is 0 Å². The summed E-state index contributed by atoms with van der Waals surface area (Å²) in [6.45, 7) is 1.90. The molecular formula is C25H24Cl2N5O2+.